The van der Waals surface area contributed by atoms with Crippen LogP contribution in [0.3, 0.4) is 0 Å². The molecule has 0 aromatic carbocycles. The van der Waals surface area contributed by atoms with Gasteiger partial charge in [-0.25, -0.2) is 4.79 Å². The molecule has 0 saturated heterocycles. The topological polar surface area (TPSA) is 72.4 Å². The lowest BCUT2D eigenvalue weighted by molar-refractivity contribution is 1.00. The quantitative estimate of drug-likeness (QED) is 0.556. The molecule has 1 rings (SSSR count). The molecule has 0 amide bonds. The van der Waals surface area contributed by atoms with Crippen molar-refractivity contribution in [3.05, 3.63) is 26.4 Å². The van der Waals surface area contributed by atoms with E-state index < -0.39 is 0 Å². The maximum atomic E-state index is 10.7. The molecule has 56 valence electrons. The summed E-state index contributed by atoms with van der Waals surface area (Å²) in [4.78, 5) is 15.4. The molecule has 4 nitrogen and oxygen atoms in total. The van der Waals surface area contributed by atoms with Crippen molar-refractivity contribution >= 4 is 12.2 Å². The van der Waals surface area contributed by atoms with Crippen LogP contribution in [0.1, 0.15) is 11.3 Å². The van der Waals surface area contributed by atoms with E-state index in [1.807, 2.05) is 6.07 Å². The summed E-state index contributed by atoms with van der Waals surface area (Å²) in [6.45, 7) is 1.63. The number of H-pyrrole nitrogens is 2. The van der Waals surface area contributed by atoms with Crippen LogP contribution in [-0.2, 0) is 0 Å². The third-order valence-electron chi connectivity index (χ3n) is 1.24. The number of hydrogen-bond acceptors (Lipinski definition) is 3. The van der Waals surface area contributed by atoms with Gasteiger partial charge in [0.2, 0.25) is 0 Å². The molecule has 0 fully saturated rings. The molecule has 0 bridgehead atoms. The molecule has 0 radical (unpaired) electrons. The highest BCUT2D eigenvalue weighted by Crippen LogP contribution is 1.98. The van der Waals surface area contributed by atoms with Crippen LogP contribution in [0, 0.1) is 22.9 Å². The Labute approximate surface area is 67.5 Å². The van der Waals surface area contributed by atoms with Crippen molar-refractivity contribution in [1.82, 2.24) is 9.97 Å². The number of aromatic nitrogens is 2. The van der Waals surface area contributed by atoms with Gasteiger partial charge in [0, 0.05) is 5.69 Å². The van der Waals surface area contributed by atoms with E-state index in [0.717, 1.165) is 0 Å². The summed E-state index contributed by atoms with van der Waals surface area (Å²) >= 11 is 4.73. The van der Waals surface area contributed by atoms with Crippen LogP contribution in [0.25, 0.3) is 0 Å². The Hall–Kier alpha value is -1.41. The maximum absolute atomic E-state index is 10.7. The Morgan fingerprint density at radius 3 is 2.64 bits per heavy atom. The first kappa shape index (κ1) is 7.69. The molecule has 0 aliphatic rings. The van der Waals surface area contributed by atoms with Gasteiger partial charge in [-0.3, -0.25) is 4.98 Å². The summed E-state index contributed by atoms with van der Waals surface area (Å²) in [5.41, 5.74) is 0.437. The van der Waals surface area contributed by atoms with Crippen LogP contribution in [0.2, 0.25) is 0 Å². The van der Waals surface area contributed by atoms with Crippen LogP contribution < -0.4 is 5.69 Å². The number of aryl methyl sites for hydroxylation is 1. The minimum Gasteiger partial charge on any atom is -0.310 e. The number of nitrogens with zero attached hydrogens (tertiary/aromatic N) is 1. The van der Waals surface area contributed by atoms with Gasteiger partial charge in [-0.05, 0) is 6.92 Å². The van der Waals surface area contributed by atoms with Crippen molar-refractivity contribution in [2.75, 3.05) is 0 Å². The van der Waals surface area contributed by atoms with Gasteiger partial charge >= 0.3 is 5.69 Å². The monoisotopic (exact) mass is 167 g/mol. The normalized spacial score (nSPS) is 9.09. The van der Waals surface area contributed by atoms with E-state index in [-0.39, 0.29) is 10.3 Å². The van der Waals surface area contributed by atoms with Crippen molar-refractivity contribution in [2.45, 2.75) is 6.92 Å². The highest BCUT2D eigenvalue weighted by atomic mass is 32.1. The van der Waals surface area contributed by atoms with Crippen molar-refractivity contribution in [3.63, 3.8) is 0 Å². The summed E-state index contributed by atoms with van der Waals surface area (Å²) < 4.78 is 0.189. The summed E-state index contributed by atoms with van der Waals surface area (Å²) in [7, 11) is 0. The molecular formula is C6H5N3OS. The lowest BCUT2D eigenvalue weighted by atomic mass is 10.3. The van der Waals surface area contributed by atoms with E-state index in [1.165, 1.54) is 0 Å². The van der Waals surface area contributed by atoms with Gasteiger partial charge in [0.1, 0.15) is 16.3 Å². The van der Waals surface area contributed by atoms with Crippen molar-refractivity contribution in [3.8, 4) is 6.07 Å². The van der Waals surface area contributed by atoms with Crippen molar-refractivity contribution in [1.29, 1.82) is 5.26 Å². The molecular weight excluding hydrogens is 162 g/mol. The molecule has 11 heavy (non-hydrogen) atoms. The fraction of sp³-hybridized carbons (Fsp3) is 0.167. The zero-order valence-corrected chi connectivity index (χ0v) is 6.58. The summed E-state index contributed by atoms with van der Waals surface area (Å²) in [5, 5.41) is 8.53. The predicted molar refractivity (Wildman–Crippen MR) is 41.7 cm³/mol. The standard InChI is InChI=1S/C6H5N3OS/c1-3-4(2-7)5(11)9-6(10)8-3/h1H3,(H2,8,9,10,11). The third kappa shape index (κ3) is 1.36. The molecule has 0 saturated carbocycles. The van der Waals surface area contributed by atoms with Gasteiger partial charge in [0.15, 0.2) is 0 Å². The van der Waals surface area contributed by atoms with E-state index in [9.17, 15) is 4.79 Å². The van der Waals surface area contributed by atoms with Crippen LogP contribution in [-0.4, -0.2) is 9.97 Å². The molecule has 0 unspecified atom stereocenters. The van der Waals surface area contributed by atoms with Gasteiger partial charge in [0.05, 0.1) is 0 Å². The van der Waals surface area contributed by atoms with Gasteiger partial charge in [-0.15, -0.1) is 0 Å². The van der Waals surface area contributed by atoms with Gasteiger partial charge < -0.3 is 4.98 Å². The molecule has 2 N–H and O–H groups in total. The number of nitrogens with one attached hydrogen (secondary N) is 2. The Morgan fingerprint density at radius 2 is 2.18 bits per heavy atom. The number of nitriles is 1. The molecule has 0 aliphatic heterocycles. The summed E-state index contributed by atoms with van der Waals surface area (Å²) in [5.74, 6) is 0. The fourth-order valence-electron chi connectivity index (χ4n) is 0.735. The lowest BCUT2D eigenvalue weighted by Gasteiger charge is -1.93. The maximum Gasteiger partial charge on any atom is 0.324 e. The molecule has 5 heteroatoms. The fourth-order valence-corrected chi connectivity index (χ4v) is 1.03. The van der Waals surface area contributed by atoms with Crippen LogP contribution in [0.5, 0.6) is 0 Å². The minimum absolute atomic E-state index is 0.189. The third-order valence-corrected chi connectivity index (χ3v) is 1.55. The largest absolute Gasteiger partial charge is 0.324 e. The Kier molecular flexibility index (Phi) is 1.87. The predicted octanol–water partition coefficient (Wildman–Crippen LogP) is 0.613. The van der Waals surface area contributed by atoms with Crippen LogP contribution in [0.4, 0.5) is 0 Å². The number of hydrogen-bond donors (Lipinski definition) is 2. The molecule has 0 spiro atoms. The molecule has 1 aromatic heterocycles. The Bertz CT molecular complexity index is 423. The SMILES string of the molecule is Cc1[nH]c(=O)[nH]c(=S)c1C#N. The van der Waals surface area contributed by atoms with Crippen LogP contribution >= 0.6 is 12.2 Å². The Morgan fingerprint density at radius 1 is 1.55 bits per heavy atom. The van der Waals surface area contributed by atoms with Gasteiger partial charge in [0.25, 0.3) is 0 Å². The Balaban J connectivity index is 3.66. The average Bonchev–Trinajstić information content (AvgIpc) is 1.85. The van der Waals surface area contributed by atoms with Gasteiger partial charge in [-0.2, -0.15) is 5.26 Å². The zero-order chi connectivity index (χ0) is 8.43. The average molecular weight is 167 g/mol. The zero-order valence-electron chi connectivity index (χ0n) is 5.76. The second-order valence-electron chi connectivity index (χ2n) is 2.02. The highest BCUT2D eigenvalue weighted by molar-refractivity contribution is 7.71. The molecule has 1 aromatic rings. The van der Waals surface area contributed by atoms with E-state index in [4.69, 9.17) is 17.5 Å². The van der Waals surface area contributed by atoms with Gasteiger partial charge in [-0.1, -0.05) is 12.2 Å². The van der Waals surface area contributed by atoms with Crippen LogP contribution in [0.15, 0.2) is 4.79 Å². The van der Waals surface area contributed by atoms with E-state index in [1.54, 1.807) is 6.92 Å². The highest BCUT2D eigenvalue weighted by Gasteiger charge is 1.99. The first-order valence-corrected chi connectivity index (χ1v) is 3.29. The summed E-state index contributed by atoms with van der Waals surface area (Å²) in [6, 6.07) is 1.89. The first-order valence-electron chi connectivity index (χ1n) is 2.88. The number of aromatic amines is 2. The molecule has 1 heterocycles. The van der Waals surface area contributed by atoms with Crippen molar-refractivity contribution < 1.29 is 0 Å². The smallest absolute Gasteiger partial charge is 0.310 e. The molecule has 0 aliphatic carbocycles. The first-order chi connectivity index (χ1) is 5.15. The summed E-state index contributed by atoms with van der Waals surface area (Å²) in [6.07, 6.45) is 0. The lowest BCUT2D eigenvalue weighted by Crippen LogP contribution is -2.12. The second kappa shape index (κ2) is 2.68. The van der Waals surface area contributed by atoms with Crippen molar-refractivity contribution in [2.24, 2.45) is 0 Å². The van der Waals surface area contributed by atoms with E-state index in [2.05, 4.69) is 9.97 Å². The van der Waals surface area contributed by atoms with E-state index >= 15 is 0 Å². The number of rotatable bonds is 0. The van der Waals surface area contributed by atoms with E-state index in [0.29, 0.717) is 11.3 Å². The second-order valence-corrected chi connectivity index (χ2v) is 2.43. The molecule has 0 atom stereocenters. The minimum atomic E-state index is -0.383.